The summed E-state index contributed by atoms with van der Waals surface area (Å²) >= 11 is 0. The van der Waals surface area contributed by atoms with Crippen LogP contribution >= 0.6 is 0 Å². The third kappa shape index (κ3) is 3.57. The van der Waals surface area contributed by atoms with Gasteiger partial charge in [0, 0.05) is 17.4 Å². The van der Waals surface area contributed by atoms with Gasteiger partial charge in [-0.05, 0) is 42.5 Å². The lowest BCUT2D eigenvalue weighted by atomic mass is 10.1. The quantitative estimate of drug-likeness (QED) is 0.488. The van der Waals surface area contributed by atoms with Gasteiger partial charge >= 0.3 is 5.76 Å². The second kappa shape index (κ2) is 6.34. The number of primary sulfonamides is 1. The lowest BCUT2D eigenvalue weighted by Crippen LogP contribution is -2.11. The maximum absolute atomic E-state index is 11.3. The molecule has 9 nitrogen and oxygen atoms in total. The number of nitrogens with one attached hydrogen (secondary N) is 2. The average molecular weight is 383 g/mol. The fraction of sp³-hybridized carbons (Fsp3) is 0. The first-order valence-corrected chi connectivity index (χ1v) is 9.29. The third-order valence-electron chi connectivity index (χ3n) is 3.81. The third-order valence-corrected chi connectivity index (χ3v) is 4.74. The van der Waals surface area contributed by atoms with Gasteiger partial charge in [0.1, 0.15) is 0 Å². The molecule has 0 radical (unpaired) electrons. The van der Waals surface area contributed by atoms with E-state index in [1.54, 1.807) is 42.6 Å². The summed E-state index contributed by atoms with van der Waals surface area (Å²) in [6.07, 6.45) is 1.58. The van der Waals surface area contributed by atoms with Crippen LogP contribution in [-0.4, -0.2) is 23.4 Å². The van der Waals surface area contributed by atoms with E-state index >= 15 is 0 Å². The Morgan fingerprint density at radius 3 is 2.59 bits per heavy atom. The Hall–Kier alpha value is -3.50. The number of nitrogens with zero attached hydrogens (tertiary/aromatic N) is 2. The molecule has 2 aromatic carbocycles. The van der Waals surface area contributed by atoms with Gasteiger partial charge in [0.15, 0.2) is 5.58 Å². The Morgan fingerprint density at radius 2 is 1.85 bits per heavy atom. The fourth-order valence-electron chi connectivity index (χ4n) is 2.54. The van der Waals surface area contributed by atoms with Crippen molar-refractivity contribution in [2.75, 3.05) is 5.32 Å². The van der Waals surface area contributed by atoms with Gasteiger partial charge in [-0.25, -0.2) is 28.3 Å². The number of aromatic nitrogens is 3. The Kier molecular flexibility index (Phi) is 3.98. The van der Waals surface area contributed by atoms with Crippen molar-refractivity contribution in [3.05, 3.63) is 65.3 Å². The molecule has 0 spiro atoms. The van der Waals surface area contributed by atoms with E-state index in [4.69, 9.17) is 9.56 Å². The summed E-state index contributed by atoms with van der Waals surface area (Å²) in [5.41, 5.74) is 3.02. The monoisotopic (exact) mass is 383 g/mol. The number of rotatable bonds is 4. The normalized spacial score (nSPS) is 11.6. The van der Waals surface area contributed by atoms with Crippen LogP contribution in [0.1, 0.15) is 0 Å². The molecule has 0 aliphatic rings. The van der Waals surface area contributed by atoms with E-state index in [0.717, 1.165) is 5.56 Å². The van der Waals surface area contributed by atoms with Crippen molar-refractivity contribution in [1.82, 2.24) is 15.0 Å². The zero-order valence-electron chi connectivity index (χ0n) is 13.7. The molecule has 0 saturated carbocycles. The minimum atomic E-state index is -3.74. The van der Waals surface area contributed by atoms with E-state index in [1.807, 2.05) is 0 Å². The van der Waals surface area contributed by atoms with Crippen molar-refractivity contribution < 1.29 is 12.8 Å². The van der Waals surface area contributed by atoms with Gasteiger partial charge in [0.2, 0.25) is 16.0 Å². The first kappa shape index (κ1) is 16.9. The summed E-state index contributed by atoms with van der Waals surface area (Å²) in [6, 6.07) is 12.9. The van der Waals surface area contributed by atoms with Crippen molar-refractivity contribution in [1.29, 1.82) is 0 Å². The largest absolute Gasteiger partial charge is 0.417 e. The van der Waals surface area contributed by atoms with Crippen molar-refractivity contribution in [3.8, 4) is 11.3 Å². The first-order valence-electron chi connectivity index (χ1n) is 7.75. The van der Waals surface area contributed by atoms with E-state index < -0.39 is 15.8 Å². The van der Waals surface area contributed by atoms with E-state index in [-0.39, 0.29) is 4.90 Å². The Morgan fingerprint density at radius 1 is 1.07 bits per heavy atom. The average Bonchev–Trinajstić information content (AvgIpc) is 3.01. The van der Waals surface area contributed by atoms with E-state index in [0.29, 0.717) is 28.4 Å². The second-order valence-corrected chi connectivity index (χ2v) is 7.25. The van der Waals surface area contributed by atoms with Crippen LogP contribution in [0.15, 0.2) is 68.8 Å². The number of anilines is 2. The Balaban J connectivity index is 1.62. The molecule has 0 amide bonds. The number of oxazole rings is 1. The van der Waals surface area contributed by atoms with Crippen LogP contribution < -0.4 is 16.2 Å². The van der Waals surface area contributed by atoms with Crippen LogP contribution in [-0.2, 0) is 10.0 Å². The van der Waals surface area contributed by atoms with Crippen molar-refractivity contribution in [2.24, 2.45) is 5.14 Å². The highest BCUT2D eigenvalue weighted by atomic mass is 32.2. The van der Waals surface area contributed by atoms with Crippen LogP contribution in [0.4, 0.5) is 11.6 Å². The van der Waals surface area contributed by atoms with Crippen molar-refractivity contribution in [3.63, 3.8) is 0 Å². The fourth-order valence-corrected chi connectivity index (χ4v) is 3.06. The van der Waals surface area contributed by atoms with Gasteiger partial charge in [0.25, 0.3) is 0 Å². The minimum absolute atomic E-state index is 0.0176. The van der Waals surface area contributed by atoms with E-state index in [1.165, 1.54) is 12.1 Å². The highest BCUT2D eigenvalue weighted by molar-refractivity contribution is 7.89. The zero-order chi connectivity index (χ0) is 19.0. The van der Waals surface area contributed by atoms with Crippen LogP contribution in [0, 0.1) is 0 Å². The molecule has 0 aliphatic carbocycles. The summed E-state index contributed by atoms with van der Waals surface area (Å²) in [6.45, 7) is 0. The maximum Gasteiger partial charge on any atom is 0.417 e. The molecule has 10 heteroatoms. The highest BCUT2D eigenvalue weighted by Crippen LogP contribution is 2.23. The number of sulfonamides is 1. The zero-order valence-corrected chi connectivity index (χ0v) is 14.5. The summed E-state index contributed by atoms with van der Waals surface area (Å²) < 4.78 is 27.7. The number of nitrogens with two attached hydrogens (primary N) is 1. The van der Waals surface area contributed by atoms with Gasteiger partial charge in [-0.3, -0.25) is 4.98 Å². The van der Waals surface area contributed by atoms with Crippen molar-refractivity contribution in [2.45, 2.75) is 4.90 Å². The summed E-state index contributed by atoms with van der Waals surface area (Å²) in [5, 5.41) is 8.08. The molecule has 4 N–H and O–H groups in total. The predicted molar refractivity (Wildman–Crippen MR) is 99.0 cm³/mol. The number of H-pyrrole nitrogens is 1. The number of aromatic amines is 1. The van der Waals surface area contributed by atoms with E-state index in [9.17, 15) is 13.2 Å². The molecular weight excluding hydrogens is 370 g/mol. The lowest BCUT2D eigenvalue weighted by Gasteiger charge is -2.07. The second-order valence-electron chi connectivity index (χ2n) is 5.69. The molecule has 2 heterocycles. The molecular formula is C17H13N5O4S. The predicted octanol–water partition coefficient (Wildman–Crippen LogP) is 1.97. The standard InChI is InChI=1S/C17H13N5O4S/c18-27(24,25)12-4-2-11(3-5-12)20-16-19-8-7-13(21-16)10-1-6-14-15(9-10)26-17(23)22-14/h1-9H,(H,22,23)(H2,18,24,25)(H,19,20,21). The van der Waals surface area contributed by atoms with Crippen molar-refractivity contribution >= 4 is 32.8 Å². The SMILES string of the molecule is NS(=O)(=O)c1ccc(Nc2nccc(-c3ccc4[nH]c(=O)oc4c3)n2)cc1. The lowest BCUT2D eigenvalue weighted by molar-refractivity contribution is 0.555. The van der Waals surface area contributed by atoms with Gasteiger partial charge in [-0.15, -0.1) is 0 Å². The van der Waals surface area contributed by atoms with Gasteiger partial charge in [0.05, 0.1) is 16.1 Å². The van der Waals surface area contributed by atoms with Crippen LogP contribution in [0.5, 0.6) is 0 Å². The summed E-state index contributed by atoms with van der Waals surface area (Å²) in [5.74, 6) is -0.193. The van der Waals surface area contributed by atoms with Crippen LogP contribution in [0.3, 0.4) is 0 Å². The molecule has 0 bridgehead atoms. The topological polar surface area (TPSA) is 144 Å². The molecule has 0 unspecified atom stereocenters. The summed E-state index contributed by atoms with van der Waals surface area (Å²) in [4.78, 5) is 22.5. The molecule has 4 aromatic rings. The molecule has 27 heavy (non-hydrogen) atoms. The number of benzene rings is 2. The van der Waals surface area contributed by atoms with Gasteiger partial charge in [-0.2, -0.15) is 0 Å². The maximum atomic E-state index is 11.3. The number of hydrogen-bond donors (Lipinski definition) is 3. The van der Waals surface area contributed by atoms with Crippen LogP contribution in [0.25, 0.3) is 22.4 Å². The molecule has 0 saturated heterocycles. The number of fused-ring (bicyclic) bond motifs is 1. The van der Waals surface area contributed by atoms with Gasteiger partial charge in [-0.1, -0.05) is 6.07 Å². The molecule has 4 rings (SSSR count). The smallest absolute Gasteiger partial charge is 0.408 e. The Labute approximate surface area is 152 Å². The molecule has 2 aromatic heterocycles. The number of hydrogen-bond acceptors (Lipinski definition) is 7. The summed E-state index contributed by atoms with van der Waals surface area (Å²) in [7, 11) is -3.74. The first-order chi connectivity index (χ1) is 12.9. The van der Waals surface area contributed by atoms with Gasteiger partial charge < -0.3 is 9.73 Å². The molecule has 0 fully saturated rings. The molecule has 0 atom stereocenters. The highest BCUT2D eigenvalue weighted by Gasteiger charge is 2.09. The van der Waals surface area contributed by atoms with Crippen LogP contribution in [0.2, 0.25) is 0 Å². The molecule has 136 valence electrons. The molecule has 0 aliphatic heterocycles. The Bertz CT molecular complexity index is 1290. The minimum Gasteiger partial charge on any atom is -0.408 e. The van der Waals surface area contributed by atoms with E-state index in [2.05, 4.69) is 20.3 Å².